The molecule has 0 radical (unpaired) electrons. The zero-order chi connectivity index (χ0) is 25.2. The van der Waals surface area contributed by atoms with E-state index in [0.717, 1.165) is 7.05 Å². The van der Waals surface area contributed by atoms with Gasteiger partial charge in [0.2, 0.25) is 0 Å². The molecule has 34 heavy (non-hydrogen) atoms. The van der Waals surface area contributed by atoms with Crippen molar-refractivity contribution in [2.75, 3.05) is 45.2 Å². The third-order valence-corrected chi connectivity index (χ3v) is 5.85. The van der Waals surface area contributed by atoms with E-state index in [1.165, 1.54) is 30.3 Å². The molecule has 1 fully saturated rings. The van der Waals surface area contributed by atoms with Gasteiger partial charge in [0, 0.05) is 45.3 Å². The van der Waals surface area contributed by atoms with Crippen molar-refractivity contribution in [3.05, 3.63) is 57.4 Å². The number of rotatable bonds is 6. The highest BCUT2D eigenvalue weighted by molar-refractivity contribution is 6.35. The van der Waals surface area contributed by atoms with Crippen molar-refractivity contribution in [1.29, 1.82) is 0 Å². The van der Waals surface area contributed by atoms with Crippen molar-refractivity contribution in [1.82, 2.24) is 9.80 Å². The minimum Gasteiger partial charge on any atom is -0.453 e. The standard InChI is InChI=1S/C21H21ClF4N4O4/c1-27-9-10-29(12-13(27)11-28(2)20(31)21(24,25)26)19-15(30(32)33)7-8-17(18(19)22)34-16-6-4-3-5-14(16)23/h3-8,13H,9-12H2,1-2H3/t13-/m0/s1. The van der Waals surface area contributed by atoms with Crippen LogP contribution in [0.2, 0.25) is 5.02 Å². The first-order valence-electron chi connectivity index (χ1n) is 10.1. The van der Waals surface area contributed by atoms with Crippen LogP contribution in [0, 0.1) is 15.9 Å². The summed E-state index contributed by atoms with van der Waals surface area (Å²) in [6.45, 7) is 0.399. The lowest BCUT2D eigenvalue weighted by Crippen LogP contribution is -2.56. The topological polar surface area (TPSA) is 79.2 Å². The van der Waals surface area contributed by atoms with Gasteiger partial charge in [-0.3, -0.25) is 19.8 Å². The Labute approximate surface area is 197 Å². The SMILES string of the molecule is CN(C[C@H]1CN(c2c([N+](=O)[O-])ccc(Oc3ccccc3F)c2Cl)CCN1C)C(=O)C(F)(F)F. The maximum absolute atomic E-state index is 14.0. The summed E-state index contributed by atoms with van der Waals surface area (Å²) in [4.78, 5) is 26.5. The molecule has 0 aromatic heterocycles. The number of carbonyl (C=O) groups excluding carboxylic acids is 1. The van der Waals surface area contributed by atoms with Gasteiger partial charge in [-0.2, -0.15) is 13.2 Å². The van der Waals surface area contributed by atoms with Gasteiger partial charge in [0.25, 0.3) is 5.69 Å². The number of ether oxygens (including phenoxy) is 1. The van der Waals surface area contributed by atoms with Crippen LogP contribution in [-0.2, 0) is 4.79 Å². The molecule has 0 unspecified atom stereocenters. The molecular weight excluding hydrogens is 484 g/mol. The second-order valence-electron chi connectivity index (χ2n) is 7.80. The van der Waals surface area contributed by atoms with Gasteiger partial charge >= 0.3 is 12.1 Å². The number of nitro groups is 1. The molecule has 1 saturated heterocycles. The lowest BCUT2D eigenvalue weighted by Gasteiger charge is -2.42. The maximum Gasteiger partial charge on any atom is 0.471 e. The van der Waals surface area contributed by atoms with E-state index in [1.54, 1.807) is 22.9 Å². The predicted molar refractivity (Wildman–Crippen MR) is 117 cm³/mol. The molecule has 0 spiro atoms. The normalized spacial score (nSPS) is 16.9. The number of anilines is 1. The van der Waals surface area contributed by atoms with Gasteiger partial charge in [0.1, 0.15) is 16.5 Å². The van der Waals surface area contributed by atoms with Crippen molar-refractivity contribution in [3.63, 3.8) is 0 Å². The van der Waals surface area contributed by atoms with Crippen LogP contribution in [0.3, 0.4) is 0 Å². The number of benzene rings is 2. The summed E-state index contributed by atoms with van der Waals surface area (Å²) in [7, 11) is 2.72. The highest BCUT2D eigenvalue weighted by Crippen LogP contribution is 2.44. The summed E-state index contributed by atoms with van der Waals surface area (Å²) in [6.07, 6.45) is -5.01. The van der Waals surface area contributed by atoms with Crippen molar-refractivity contribution < 1.29 is 32.0 Å². The summed E-state index contributed by atoms with van der Waals surface area (Å²) >= 11 is 6.47. The molecule has 1 atom stereocenters. The Balaban J connectivity index is 1.91. The molecule has 0 aliphatic carbocycles. The monoisotopic (exact) mass is 504 g/mol. The van der Waals surface area contributed by atoms with Crippen LogP contribution in [0.15, 0.2) is 36.4 Å². The molecule has 2 aromatic rings. The maximum atomic E-state index is 14.0. The van der Waals surface area contributed by atoms with Crippen LogP contribution in [0.4, 0.5) is 28.9 Å². The fourth-order valence-corrected chi connectivity index (χ4v) is 3.99. The third-order valence-electron chi connectivity index (χ3n) is 5.48. The fourth-order valence-electron chi connectivity index (χ4n) is 3.67. The first-order chi connectivity index (χ1) is 15.9. The molecule has 1 heterocycles. The highest BCUT2D eigenvalue weighted by atomic mass is 35.5. The molecule has 184 valence electrons. The Kier molecular flexibility index (Phi) is 7.51. The zero-order valence-corrected chi connectivity index (χ0v) is 18.9. The molecule has 0 saturated carbocycles. The van der Waals surface area contributed by atoms with E-state index < -0.39 is 28.9 Å². The van der Waals surface area contributed by atoms with Gasteiger partial charge in [0.15, 0.2) is 11.6 Å². The minimum absolute atomic E-state index is 0.00315. The smallest absolute Gasteiger partial charge is 0.453 e. The number of nitro benzene ring substituents is 1. The number of carbonyl (C=O) groups is 1. The van der Waals surface area contributed by atoms with Gasteiger partial charge in [0.05, 0.1) is 4.92 Å². The Morgan fingerprint density at radius 1 is 1.24 bits per heavy atom. The number of alkyl halides is 3. The van der Waals surface area contributed by atoms with Crippen LogP contribution in [0.1, 0.15) is 0 Å². The van der Waals surface area contributed by atoms with Gasteiger partial charge < -0.3 is 14.5 Å². The second kappa shape index (κ2) is 10.0. The van der Waals surface area contributed by atoms with Crippen molar-refractivity contribution in [2.45, 2.75) is 12.2 Å². The molecule has 0 bridgehead atoms. The van der Waals surface area contributed by atoms with Crippen LogP contribution in [0.5, 0.6) is 11.5 Å². The number of halogens is 5. The van der Waals surface area contributed by atoms with Gasteiger partial charge in [-0.25, -0.2) is 4.39 Å². The zero-order valence-electron chi connectivity index (χ0n) is 18.2. The quantitative estimate of drug-likeness (QED) is 0.331. The first kappa shape index (κ1) is 25.5. The number of para-hydroxylation sites is 1. The minimum atomic E-state index is -5.01. The highest BCUT2D eigenvalue weighted by Gasteiger charge is 2.42. The Hall–Kier alpha value is -3.12. The summed E-state index contributed by atoms with van der Waals surface area (Å²) in [5.74, 6) is -2.79. The van der Waals surface area contributed by atoms with E-state index in [2.05, 4.69) is 0 Å². The average Bonchev–Trinajstić information content (AvgIpc) is 2.76. The first-order valence-corrected chi connectivity index (χ1v) is 10.4. The number of amides is 1. The molecular formula is C21H21ClF4N4O4. The lowest BCUT2D eigenvalue weighted by atomic mass is 10.1. The molecule has 1 amide bonds. The number of hydrogen-bond donors (Lipinski definition) is 0. The van der Waals surface area contributed by atoms with E-state index in [0.29, 0.717) is 11.4 Å². The van der Waals surface area contributed by atoms with Crippen molar-refractivity contribution in [3.8, 4) is 11.5 Å². The summed E-state index contributed by atoms with van der Waals surface area (Å²) in [6, 6.07) is 7.41. The Morgan fingerprint density at radius 3 is 2.53 bits per heavy atom. The number of nitrogens with zero attached hydrogens (tertiary/aromatic N) is 4. The largest absolute Gasteiger partial charge is 0.471 e. The lowest BCUT2D eigenvalue weighted by molar-refractivity contribution is -0.384. The van der Waals surface area contributed by atoms with Gasteiger partial charge in [-0.15, -0.1) is 0 Å². The second-order valence-corrected chi connectivity index (χ2v) is 8.18. The van der Waals surface area contributed by atoms with Crippen LogP contribution in [0.25, 0.3) is 0 Å². The van der Waals surface area contributed by atoms with Crippen LogP contribution >= 0.6 is 11.6 Å². The molecule has 1 aliphatic rings. The summed E-state index contributed by atoms with van der Waals surface area (Å²) in [5.41, 5.74) is -0.336. The van der Waals surface area contributed by atoms with E-state index >= 15 is 0 Å². The van der Waals surface area contributed by atoms with Gasteiger partial charge in [-0.05, 0) is 25.2 Å². The molecule has 0 N–H and O–H groups in total. The Morgan fingerprint density at radius 2 is 1.91 bits per heavy atom. The summed E-state index contributed by atoms with van der Waals surface area (Å²) in [5, 5.41) is 11.6. The molecule has 1 aliphatic heterocycles. The molecule has 2 aromatic carbocycles. The fraction of sp³-hybridized carbons (Fsp3) is 0.381. The van der Waals surface area contributed by atoms with Crippen LogP contribution in [-0.4, -0.2) is 73.1 Å². The number of likely N-dealkylation sites (N-methyl/N-ethyl adjacent to an activating group) is 2. The van der Waals surface area contributed by atoms with E-state index in [4.69, 9.17) is 16.3 Å². The van der Waals surface area contributed by atoms with E-state index in [9.17, 15) is 32.5 Å². The average molecular weight is 505 g/mol. The predicted octanol–water partition coefficient (Wildman–Crippen LogP) is 4.32. The molecule has 8 nitrogen and oxygen atoms in total. The molecule has 13 heteroatoms. The van der Waals surface area contributed by atoms with Crippen molar-refractivity contribution >= 4 is 28.9 Å². The van der Waals surface area contributed by atoms with Crippen molar-refractivity contribution in [2.24, 2.45) is 0 Å². The molecule has 3 rings (SSSR count). The number of hydrogen-bond acceptors (Lipinski definition) is 6. The summed E-state index contributed by atoms with van der Waals surface area (Å²) < 4.78 is 57.9. The number of piperazine rings is 1. The van der Waals surface area contributed by atoms with Gasteiger partial charge in [-0.1, -0.05) is 23.7 Å². The van der Waals surface area contributed by atoms with E-state index in [-0.39, 0.29) is 47.5 Å². The van der Waals surface area contributed by atoms with E-state index in [1.807, 2.05) is 0 Å². The Bertz CT molecular complexity index is 1090. The van der Waals surface area contributed by atoms with Crippen LogP contribution < -0.4 is 9.64 Å². The third kappa shape index (κ3) is 5.50.